The van der Waals surface area contributed by atoms with E-state index in [9.17, 15) is 14.7 Å². The zero-order valence-electron chi connectivity index (χ0n) is 36.3. The van der Waals surface area contributed by atoms with Crippen molar-refractivity contribution in [1.29, 1.82) is 0 Å². The Morgan fingerprint density at radius 1 is 0.407 bits per heavy atom. The number of rotatable bonds is 44. The average Bonchev–Trinajstić information content (AvgIpc) is 3.17. The van der Waals surface area contributed by atoms with Crippen LogP contribution in [0.15, 0.2) is 24.3 Å². The van der Waals surface area contributed by atoms with Gasteiger partial charge in [0.25, 0.3) is 0 Å². The maximum atomic E-state index is 12.2. The van der Waals surface area contributed by atoms with Crippen LogP contribution in [0.4, 0.5) is 0 Å². The molecule has 0 spiro atoms. The third-order valence-corrected chi connectivity index (χ3v) is 10.7. The fourth-order valence-electron chi connectivity index (χ4n) is 7.07. The fraction of sp³-hybridized carbons (Fsp3) is 0.878. The van der Waals surface area contributed by atoms with Crippen LogP contribution in [0.3, 0.4) is 0 Å². The number of aliphatic hydroxyl groups is 1. The lowest BCUT2D eigenvalue weighted by Crippen LogP contribution is -2.28. The van der Waals surface area contributed by atoms with Gasteiger partial charge in [0.05, 0.1) is 6.61 Å². The highest BCUT2D eigenvalue weighted by atomic mass is 16.6. The first-order valence-electron chi connectivity index (χ1n) is 23.9. The SMILES string of the molecule is CCCCCCCC/C=C\CCCCCCCC(=O)OCC(CO)OC(=O)CCCCCCCCCCCCCCC/C=C\CCCCCCCCCC. The number of esters is 2. The predicted octanol–water partition coefficient (Wildman–Crippen LogP) is 15.4. The number of ether oxygens (including phenoxy) is 2. The van der Waals surface area contributed by atoms with Crippen LogP contribution in [0.2, 0.25) is 0 Å². The van der Waals surface area contributed by atoms with Gasteiger partial charge < -0.3 is 14.6 Å². The Morgan fingerprint density at radius 3 is 1.00 bits per heavy atom. The lowest BCUT2D eigenvalue weighted by Gasteiger charge is -2.15. The molecule has 1 unspecified atom stereocenters. The van der Waals surface area contributed by atoms with Gasteiger partial charge in [-0.1, -0.05) is 205 Å². The summed E-state index contributed by atoms with van der Waals surface area (Å²) in [6, 6.07) is 0. The molecule has 318 valence electrons. The molecule has 0 saturated heterocycles. The summed E-state index contributed by atoms with van der Waals surface area (Å²) in [4.78, 5) is 24.4. The zero-order chi connectivity index (χ0) is 39.3. The van der Waals surface area contributed by atoms with Gasteiger partial charge in [-0.05, 0) is 64.2 Å². The van der Waals surface area contributed by atoms with Crippen molar-refractivity contribution in [3.8, 4) is 0 Å². The van der Waals surface area contributed by atoms with Crippen LogP contribution < -0.4 is 0 Å². The van der Waals surface area contributed by atoms with Gasteiger partial charge in [-0.15, -0.1) is 0 Å². The van der Waals surface area contributed by atoms with Gasteiger partial charge in [-0.25, -0.2) is 0 Å². The van der Waals surface area contributed by atoms with Crippen LogP contribution in [0, 0.1) is 0 Å². The minimum Gasteiger partial charge on any atom is -0.462 e. The standard InChI is InChI=1S/C49H92O5/c1-3-5-7-9-11-13-15-17-19-20-21-22-23-24-25-26-27-28-30-32-34-36-38-40-42-44-49(52)54-47(45-50)46-53-48(51)43-41-39-37-35-33-31-29-18-16-14-12-10-8-6-4-2/h18,20-21,29,47,50H,3-17,19,22-28,30-46H2,1-2H3/b21-20-,29-18-. The Balaban J connectivity index is 3.47. The van der Waals surface area contributed by atoms with Crippen molar-refractivity contribution in [1.82, 2.24) is 0 Å². The molecule has 0 radical (unpaired) electrons. The molecule has 0 bridgehead atoms. The number of carbonyl (C=O) groups is 2. The minimum absolute atomic E-state index is 0.0662. The van der Waals surface area contributed by atoms with Crippen LogP contribution in [-0.4, -0.2) is 36.4 Å². The van der Waals surface area contributed by atoms with Gasteiger partial charge in [0.2, 0.25) is 0 Å². The molecule has 0 saturated carbocycles. The van der Waals surface area contributed by atoms with E-state index in [0.29, 0.717) is 12.8 Å². The molecule has 5 heteroatoms. The largest absolute Gasteiger partial charge is 0.462 e. The molecule has 0 fully saturated rings. The Morgan fingerprint density at radius 2 is 0.685 bits per heavy atom. The van der Waals surface area contributed by atoms with Crippen molar-refractivity contribution >= 4 is 11.9 Å². The summed E-state index contributed by atoms with van der Waals surface area (Å²) in [5.41, 5.74) is 0. The van der Waals surface area contributed by atoms with E-state index in [4.69, 9.17) is 9.47 Å². The first-order chi connectivity index (χ1) is 26.6. The Kier molecular flexibility index (Phi) is 44.4. The predicted molar refractivity (Wildman–Crippen MR) is 233 cm³/mol. The molecule has 0 heterocycles. The van der Waals surface area contributed by atoms with Gasteiger partial charge in [0.15, 0.2) is 6.10 Å². The Bertz CT molecular complexity index is 821. The van der Waals surface area contributed by atoms with Crippen molar-refractivity contribution in [2.45, 2.75) is 264 Å². The molecule has 0 rings (SSSR count). The second-order valence-electron chi connectivity index (χ2n) is 16.2. The van der Waals surface area contributed by atoms with Crippen molar-refractivity contribution in [3.63, 3.8) is 0 Å². The molecule has 1 atom stereocenters. The van der Waals surface area contributed by atoms with E-state index in [1.807, 2.05) is 0 Å². The van der Waals surface area contributed by atoms with E-state index in [0.717, 1.165) is 44.9 Å². The topological polar surface area (TPSA) is 72.8 Å². The number of unbranched alkanes of at least 4 members (excludes halogenated alkanes) is 32. The van der Waals surface area contributed by atoms with E-state index >= 15 is 0 Å². The normalized spacial score (nSPS) is 12.3. The monoisotopic (exact) mass is 761 g/mol. The number of aliphatic hydroxyl groups excluding tert-OH is 1. The molecule has 0 aromatic heterocycles. The van der Waals surface area contributed by atoms with Crippen LogP contribution in [0.25, 0.3) is 0 Å². The van der Waals surface area contributed by atoms with E-state index in [1.54, 1.807) is 0 Å². The smallest absolute Gasteiger partial charge is 0.306 e. The number of allylic oxidation sites excluding steroid dienone is 4. The maximum Gasteiger partial charge on any atom is 0.306 e. The molecule has 0 aliphatic rings. The highest BCUT2D eigenvalue weighted by Gasteiger charge is 2.16. The number of hydrogen-bond donors (Lipinski definition) is 1. The lowest BCUT2D eigenvalue weighted by atomic mass is 10.0. The summed E-state index contributed by atoms with van der Waals surface area (Å²) in [5.74, 6) is -0.590. The molecule has 54 heavy (non-hydrogen) atoms. The lowest BCUT2D eigenvalue weighted by molar-refractivity contribution is -0.161. The summed E-state index contributed by atoms with van der Waals surface area (Å²) in [6.07, 6.45) is 55.5. The second kappa shape index (κ2) is 45.8. The summed E-state index contributed by atoms with van der Waals surface area (Å²) < 4.78 is 10.6. The first kappa shape index (κ1) is 52.4. The molecule has 0 aromatic rings. The van der Waals surface area contributed by atoms with Gasteiger partial charge in [0, 0.05) is 12.8 Å². The maximum absolute atomic E-state index is 12.2. The molecule has 0 amide bonds. The van der Waals surface area contributed by atoms with Crippen molar-refractivity contribution in [2.75, 3.05) is 13.2 Å². The summed E-state index contributed by atoms with van der Waals surface area (Å²) >= 11 is 0. The third-order valence-electron chi connectivity index (χ3n) is 10.7. The van der Waals surface area contributed by atoms with Crippen LogP contribution >= 0.6 is 0 Å². The zero-order valence-corrected chi connectivity index (χ0v) is 36.3. The van der Waals surface area contributed by atoms with Crippen molar-refractivity contribution in [2.24, 2.45) is 0 Å². The van der Waals surface area contributed by atoms with Gasteiger partial charge in [-0.2, -0.15) is 0 Å². The molecule has 1 N–H and O–H groups in total. The first-order valence-corrected chi connectivity index (χ1v) is 23.9. The highest BCUT2D eigenvalue weighted by Crippen LogP contribution is 2.15. The van der Waals surface area contributed by atoms with E-state index < -0.39 is 6.10 Å². The van der Waals surface area contributed by atoms with E-state index in [-0.39, 0.29) is 25.2 Å². The Labute approximate surface area is 336 Å². The van der Waals surface area contributed by atoms with Crippen LogP contribution in [0.5, 0.6) is 0 Å². The molecule has 0 aliphatic heterocycles. The summed E-state index contributed by atoms with van der Waals surface area (Å²) in [6.45, 7) is 4.15. The van der Waals surface area contributed by atoms with E-state index in [2.05, 4.69) is 38.2 Å². The van der Waals surface area contributed by atoms with Gasteiger partial charge >= 0.3 is 11.9 Å². The average molecular weight is 761 g/mol. The minimum atomic E-state index is -0.771. The molecule has 0 aliphatic carbocycles. The third kappa shape index (κ3) is 43.1. The fourth-order valence-corrected chi connectivity index (χ4v) is 7.07. The quantitative estimate of drug-likeness (QED) is 0.0380. The summed E-state index contributed by atoms with van der Waals surface area (Å²) in [7, 11) is 0. The van der Waals surface area contributed by atoms with Gasteiger partial charge in [-0.3, -0.25) is 9.59 Å². The summed E-state index contributed by atoms with van der Waals surface area (Å²) in [5, 5.41) is 9.60. The van der Waals surface area contributed by atoms with Gasteiger partial charge in [0.1, 0.15) is 6.61 Å². The van der Waals surface area contributed by atoms with Crippen LogP contribution in [-0.2, 0) is 19.1 Å². The van der Waals surface area contributed by atoms with Crippen molar-refractivity contribution in [3.05, 3.63) is 24.3 Å². The number of carbonyl (C=O) groups excluding carboxylic acids is 2. The Hall–Kier alpha value is -1.62. The molecule has 0 aromatic carbocycles. The highest BCUT2D eigenvalue weighted by molar-refractivity contribution is 5.70. The molecular formula is C49H92O5. The molecule has 5 nitrogen and oxygen atoms in total. The van der Waals surface area contributed by atoms with E-state index in [1.165, 1.54) is 186 Å². The molecular weight excluding hydrogens is 669 g/mol. The van der Waals surface area contributed by atoms with Crippen molar-refractivity contribution < 1.29 is 24.2 Å². The second-order valence-corrected chi connectivity index (χ2v) is 16.2. The number of hydrogen-bond acceptors (Lipinski definition) is 5. The van der Waals surface area contributed by atoms with Crippen LogP contribution in [0.1, 0.15) is 258 Å².